The summed E-state index contributed by atoms with van der Waals surface area (Å²) in [6.07, 6.45) is 1.92. The van der Waals surface area contributed by atoms with Crippen molar-refractivity contribution in [1.29, 1.82) is 0 Å². The highest BCUT2D eigenvalue weighted by molar-refractivity contribution is 5.11. The van der Waals surface area contributed by atoms with Gasteiger partial charge in [0.25, 0.3) is 0 Å². The molecular weight excluding hydrogens is 200 g/mol. The van der Waals surface area contributed by atoms with Crippen LogP contribution in [0.5, 0.6) is 0 Å². The lowest BCUT2D eigenvalue weighted by molar-refractivity contribution is 0.0450. The third kappa shape index (κ3) is 11.2. The highest BCUT2D eigenvalue weighted by atomic mass is 16.5. The van der Waals surface area contributed by atoms with Crippen LogP contribution in [0.25, 0.3) is 0 Å². The third-order valence-corrected chi connectivity index (χ3v) is 1.94. The minimum atomic E-state index is -0.318. The van der Waals surface area contributed by atoms with Crippen molar-refractivity contribution < 1.29 is 9.84 Å². The molecule has 0 aromatic heterocycles. The first-order valence-corrected chi connectivity index (χ1v) is 5.94. The van der Waals surface area contributed by atoms with Crippen LogP contribution in [0.4, 0.5) is 0 Å². The lowest BCUT2D eigenvalue weighted by Gasteiger charge is -2.03. The smallest absolute Gasteiger partial charge is 0.0745 e. The molecule has 0 bridgehead atoms. The van der Waals surface area contributed by atoms with E-state index in [1.807, 2.05) is 18.2 Å². The summed E-state index contributed by atoms with van der Waals surface area (Å²) in [4.78, 5) is 0. The number of hydrogen-bond donors (Lipinski definition) is 1. The highest BCUT2D eigenvalue weighted by Gasteiger charge is 1.92. The van der Waals surface area contributed by atoms with E-state index in [-0.39, 0.29) is 6.10 Å². The molecule has 2 heteroatoms. The molecule has 0 radical (unpaired) electrons. The summed E-state index contributed by atoms with van der Waals surface area (Å²) in [7, 11) is 0. The number of benzene rings is 1. The molecule has 1 rings (SSSR count). The van der Waals surface area contributed by atoms with Crippen LogP contribution >= 0.6 is 0 Å². The number of aliphatic hydroxyl groups is 1. The van der Waals surface area contributed by atoms with Crippen LogP contribution < -0.4 is 0 Å². The van der Waals surface area contributed by atoms with E-state index in [9.17, 15) is 0 Å². The molecule has 1 aromatic carbocycles. The molecule has 92 valence electrons. The molecule has 0 aliphatic heterocycles. The number of aliphatic hydroxyl groups excluding tert-OH is 1. The maximum Gasteiger partial charge on any atom is 0.0745 e. The summed E-state index contributed by atoms with van der Waals surface area (Å²) < 4.78 is 5.09. The summed E-state index contributed by atoms with van der Waals surface area (Å²) >= 11 is 0. The second kappa shape index (κ2) is 10.7. The van der Waals surface area contributed by atoms with Crippen LogP contribution in [0, 0.1) is 6.92 Å². The van der Waals surface area contributed by atoms with Crippen LogP contribution in [0.15, 0.2) is 30.3 Å². The third-order valence-electron chi connectivity index (χ3n) is 1.94. The minimum absolute atomic E-state index is 0.318. The quantitative estimate of drug-likeness (QED) is 0.778. The van der Waals surface area contributed by atoms with Gasteiger partial charge >= 0.3 is 0 Å². The average Bonchev–Trinajstić information content (AvgIpc) is 2.26. The highest BCUT2D eigenvalue weighted by Crippen LogP contribution is 1.92. The Morgan fingerprint density at radius 2 is 1.88 bits per heavy atom. The molecule has 2 nitrogen and oxygen atoms in total. The van der Waals surface area contributed by atoms with Gasteiger partial charge in [-0.3, -0.25) is 0 Å². The lowest BCUT2D eigenvalue weighted by Crippen LogP contribution is -2.10. The maximum absolute atomic E-state index is 8.73. The molecule has 16 heavy (non-hydrogen) atoms. The van der Waals surface area contributed by atoms with E-state index in [1.54, 1.807) is 6.92 Å². The Bertz CT molecular complexity index is 232. The van der Waals surface area contributed by atoms with Gasteiger partial charge < -0.3 is 9.84 Å². The summed E-state index contributed by atoms with van der Waals surface area (Å²) in [5.41, 5.74) is 1.32. The molecule has 1 aromatic rings. The van der Waals surface area contributed by atoms with E-state index < -0.39 is 0 Å². The Kier molecular flexibility index (Phi) is 10.1. The zero-order valence-electron chi connectivity index (χ0n) is 10.6. The van der Waals surface area contributed by atoms with Crippen molar-refractivity contribution in [1.82, 2.24) is 0 Å². The number of aryl methyl sites for hydroxylation is 1. The van der Waals surface area contributed by atoms with Gasteiger partial charge in [0.2, 0.25) is 0 Å². The van der Waals surface area contributed by atoms with Gasteiger partial charge in [0.15, 0.2) is 0 Å². The van der Waals surface area contributed by atoms with Crippen LogP contribution in [0.3, 0.4) is 0 Å². The summed E-state index contributed by atoms with van der Waals surface area (Å²) in [6, 6.07) is 10.3. The van der Waals surface area contributed by atoms with Crippen molar-refractivity contribution in [3.05, 3.63) is 35.9 Å². The predicted molar refractivity (Wildman–Crippen MR) is 68.6 cm³/mol. The SMILES string of the molecule is CCCCOCC(C)O.Cc1ccccc1. The first kappa shape index (κ1) is 15.1. The van der Waals surface area contributed by atoms with Crippen molar-refractivity contribution >= 4 is 0 Å². The molecule has 0 amide bonds. The molecule has 0 aliphatic carbocycles. The van der Waals surface area contributed by atoms with E-state index in [4.69, 9.17) is 9.84 Å². The Balaban J connectivity index is 0.000000288. The summed E-state index contributed by atoms with van der Waals surface area (Å²) in [5, 5.41) is 8.73. The van der Waals surface area contributed by atoms with E-state index in [0.29, 0.717) is 6.61 Å². The van der Waals surface area contributed by atoms with E-state index in [0.717, 1.165) is 19.4 Å². The molecule has 1 unspecified atom stereocenters. The molecule has 1 N–H and O–H groups in total. The van der Waals surface area contributed by atoms with Gasteiger partial charge in [0, 0.05) is 6.61 Å². The van der Waals surface area contributed by atoms with Gasteiger partial charge in [-0.25, -0.2) is 0 Å². The van der Waals surface area contributed by atoms with Crippen molar-refractivity contribution in [2.45, 2.75) is 39.7 Å². The Labute approximate surface area is 99.3 Å². The summed E-state index contributed by atoms with van der Waals surface area (Å²) in [6.45, 7) is 7.18. The number of rotatable bonds is 5. The zero-order chi connectivity index (χ0) is 12.2. The first-order chi connectivity index (χ1) is 7.66. The van der Waals surface area contributed by atoms with Gasteiger partial charge in [-0.2, -0.15) is 0 Å². The molecule has 0 fully saturated rings. The molecule has 1 atom stereocenters. The summed E-state index contributed by atoms with van der Waals surface area (Å²) in [5.74, 6) is 0. The van der Waals surface area contributed by atoms with Crippen molar-refractivity contribution in [3.8, 4) is 0 Å². The normalized spacial score (nSPS) is 11.5. The Hall–Kier alpha value is -0.860. The Morgan fingerprint density at radius 1 is 1.25 bits per heavy atom. The molecule has 0 saturated carbocycles. The second-order valence-electron chi connectivity index (χ2n) is 3.93. The topological polar surface area (TPSA) is 29.5 Å². The van der Waals surface area contributed by atoms with Gasteiger partial charge in [-0.1, -0.05) is 49.2 Å². The van der Waals surface area contributed by atoms with Crippen LogP contribution in [-0.2, 0) is 4.74 Å². The monoisotopic (exact) mass is 224 g/mol. The van der Waals surface area contributed by atoms with Gasteiger partial charge in [-0.05, 0) is 20.3 Å². The van der Waals surface area contributed by atoms with Crippen molar-refractivity contribution in [3.63, 3.8) is 0 Å². The molecular formula is C14H24O2. The number of hydrogen-bond acceptors (Lipinski definition) is 2. The van der Waals surface area contributed by atoms with Crippen LogP contribution in [0.2, 0.25) is 0 Å². The average molecular weight is 224 g/mol. The maximum atomic E-state index is 8.73. The minimum Gasteiger partial charge on any atom is -0.391 e. The molecule has 0 spiro atoms. The zero-order valence-corrected chi connectivity index (χ0v) is 10.6. The van der Waals surface area contributed by atoms with Crippen LogP contribution in [0.1, 0.15) is 32.3 Å². The fourth-order valence-electron chi connectivity index (χ4n) is 1.03. The second-order valence-corrected chi connectivity index (χ2v) is 3.93. The van der Waals surface area contributed by atoms with Crippen molar-refractivity contribution in [2.24, 2.45) is 0 Å². The lowest BCUT2D eigenvalue weighted by atomic mass is 10.2. The Morgan fingerprint density at radius 3 is 2.25 bits per heavy atom. The molecule has 0 saturated heterocycles. The van der Waals surface area contributed by atoms with E-state index in [2.05, 4.69) is 26.0 Å². The first-order valence-electron chi connectivity index (χ1n) is 5.94. The van der Waals surface area contributed by atoms with Crippen LogP contribution in [-0.4, -0.2) is 24.4 Å². The fraction of sp³-hybridized carbons (Fsp3) is 0.571. The van der Waals surface area contributed by atoms with Gasteiger partial charge in [0.1, 0.15) is 0 Å². The van der Waals surface area contributed by atoms with Gasteiger partial charge in [-0.15, -0.1) is 0 Å². The molecule has 0 heterocycles. The standard InChI is InChI=1S/C7H16O2.C7H8/c1-3-4-5-9-6-7(2)8;1-7-5-3-2-4-6-7/h7-8H,3-6H2,1-2H3;2-6H,1H3. The fourth-order valence-corrected chi connectivity index (χ4v) is 1.03. The van der Waals surface area contributed by atoms with Crippen molar-refractivity contribution in [2.75, 3.05) is 13.2 Å². The largest absolute Gasteiger partial charge is 0.391 e. The number of unbranched alkanes of at least 4 members (excludes halogenated alkanes) is 1. The van der Waals surface area contributed by atoms with E-state index >= 15 is 0 Å². The predicted octanol–water partition coefficient (Wildman–Crippen LogP) is 3.18. The molecule has 0 aliphatic rings. The number of ether oxygens (including phenoxy) is 1. The van der Waals surface area contributed by atoms with E-state index in [1.165, 1.54) is 5.56 Å². The van der Waals surface area contributed by atoms with Gasteiger partial charge in [0.05, 0.1) is 12.7 Å².